The van der Waals surface area contributed by atoms with Crippen molar-refractivity contribution in [3.05, 3.63) is 35.4 Å². The highest BCUT2D eigenvalue weighted by Crippen LogP contribution is 2.40. The van der Waals surface area contributed by atoms with Crippen LogP contribution in [0.15, 0.2) is 24.3 Å². The Balaban J connectivity index is 1.89. The summed E-state index contributed by atoms with van der Waals surface area (Å²) in [6, 6.07) is 8.46. The number of nitrogens with two attached hydrogens (primary N) is 1. The van der Waals surface area contributed by atoms with Gasteiger partial charge in [-0.3, -0.25) is 4.79 Å². The molecule has 1 fully saturated rings. The standard InChI is InChI=1S/C18H26N2O/c1-17(12-19)10-11-20(13-17)16(21)18(2)9-5-7-14-6-3-4-8-15(14)18/h3-4,6,8H,5,7,9-13,19H2,1-2H3. The summed E-state index contributed by atoms with van der Waals surface area (Å²) < 4.78 is 0. The number of hydrogen-bond donors (Lipinski definition) is 1. The zero-order chi connectivity index (χ0) is 15.1. The van der Waals surface area contributed by atoms with Gasteiger partial charge in [-0.05, 0) is 55.7 Å². The number of carbonyl (C=O) groups is 1. The van der Waals surface area contributed by atoms with Gasteiger partial charge in [0.2, 0.25) is 5.91 Å². The number of likely N-dealkylation sites (tertiary alicyclic amines) is 1. The molecule has 21 heavy (non-hydrogen) atoms. The van der Waals surface area contributed by atoms with Gasteiger partial charge in [0, 0.05) is 13.1 Å². The van der Waals surface area contributed by atoms with E-state index in [1.807, 2.05) is 0 Å². The van der Waals surface area contributed by atoms with E-state index in [1.54, 1.807) is 0 Å². The van der Waals surface area contributed by atoms with Crippen LogP contribution in [0.3, 0.4) is 0 Å². The highest BCUT2D eigenvalue weighted by atomic mass is 16.2. The SMILES string of the molecule is CC1(CN)CCN(C(=O)C2(C)CCCc3ccccc32)C1. The van der Waals surface area contributed by atoms with Crippen LogP contribution in [0, 0.1) is 5.41 Å². The summed E-state index contributed by atoms with van der Waals surface area (Å²) in [4.78, 5) is 15.2. The molecule has 1 aromatic rings. The van der Waals surface area contributed by atoms with Gasteiger partial charge in [0.1, 0.15) is 0 Å². The Morgan fingerprint density at radius 3 is 2.76 bits per heavy atom. The zero-order valence-corrected chi connectivity index (χ0v) is 13.2. The van der Waals surface area contributed by atoms with E-state index in [-0.39, 0.29) is 10.8 Å². The summed E-state index contributed by atoms with van der Waals surface area (Å²) in [6.45, 7) is 6.64. The molecule has 1 heterocycles. The van der Waals surface area contributed by atoms with E-state index in [4.69, 9.17) is 5.73 Å². The second-order valence-corrected chi connectivity index (χ2v) is 7.33. The van der Waals surface area contributed by atoms with Gasteiger partial charge in [0.25, 0.3) is 0 Å². The molecule has 1 aliphatic heterocycles. The molecule has 0 radical (unpaired) electrons. The van der Waals surface area contributed by atoms with Crippen LogP contribution in [0.4, 0.5) is 0 Å². The second-order valence-electron chi connectivity index (χ2n) is 7.33. The van der Waals surface area contributed by atoms with Crippen molar-refractivity contribution in [3.8, 4) is 0 Å². The smallest absolute Gasteiger partial charge is 0.232 e. The fraction of sp³-hybridized carbons (Fsp3) is 0.611. The van der Waals surface area contributed by atoms with Crippen molar-refractivity contribution in [2.24, 2.45) is 11.1 Å². The van der Waals surface area contributed by atoms with Crippen molar-refractivity contribution in [1.29, 1.82) is 0 Å². The Bertz CT molecular complexity index is 556. The van der Waals surface area contributed by atoms with Gasteiger partial charge in [-0.2, -0.15) is 0 Å². The molecule has 0 saturated carbocycles. The average Bonchev–Trinajstić information content (AvgIpc) is 2.90. The minimum atomic E-state index is -0.352. The van der Waals surface area contributed by atoms with Crippen LogP contribution >= 0.6 is 0 Å². The summed E-state index contributed by atoms with van der Waals surface area (Å²) in [5.74, 6) is 0.298. The zero-order valence-electron chi connectivity index (χ0n) is 13.2. The average molecular weight is 286 g/mol. The Hall–Kier alpha value is -1.35. The molecule has 0 bridgehead atoms. The molecule has 1 saturated heterocycles. The predicted molar refractivity (Wildman–Crippen MR) is 85.1 cm³/mol. The Morgan fingerprint density at radius 2 is 2.05 bits per heavy atom. The van der Waals surface area contributed by atoms with Gasteiger partial charge < -0.3 is 10.6 Å². The van der Waals surface area contributed by atoms with Crippen LogP contribution in [-0.4, -0.2) is 30.4 Å². The lowest BCUT2D eigenvalue weighted by atomic mass is 9.70. The van der Waals surface area contributed by atoms with E-state index < -0.39 is 0 Å². The van der Waals surface area contributed by atoms with Crippen molar-refractivity contribution in [2.75, 3.05) is 19.6 Å². The van der Waals surface area contributed by atoms with Crippen LogP contribution in [0.5, 0.6) is 0 Å². The first-order valence-electron chi connectivity index (χ1n) is 8.06. The van der Waals surface area contributed by atoms with E-state index in [0.717, 1.165) is 38.8 Å². The highest BCUT2D eigenvalue weighted by molar-refractivity contribution is 5.89. The number of nitrogens with zero attached hydrogens (tertiary/aromatic N) is 1. The van der Waals surface area contributed by atoms with Gasteiger partial charge in [-0.15, -0.1) is 0 Å². The Morgan fingerprint density at radius 1 is 1.29 bits per heavy atom. The van der Waals surface area contributed by atoms with Crippen LogP contribution in [0.1, 0.15) is 44.2 Å². The number of rotatable bonds is 2. The molecule has 1 aliphatic carbocycles. The van der Waals surface area contributed by atoms with Crippen LogP contribution < -0.4 is 5.73 Å². The number of fused-ring (bicyclic) bond motifs is 1. The molecular formula is C18H26N2O. The third-order valence-electron chi connectivity index (χ3n) is 5.54. The molecule has 2 aliphatic rings. The number of hydrogen-bond acceptors (Lipinski definition) is 2. The molecule has 2 atom stereocenters. The number of aryl methyl sites for hydroxylation is 1. The van der Waals surface area contributed by atoms with Gasteiger partial charge >= 0.3 is 0 Å². The minimum absolute atomic E-state index is 0.0974. The first kappa shape index (κ1) is 14.6. The summed E-state index contributed by atoms with van der Waals surface area (Å²) >= 11 is 0. The summed E-state index contributed by atoms with van der Waals surface area (Å²) in [5.41, 5.74) is 8.21. The number of carbonyl (C=O) groups excluding carboxylic acids is 1. The van der Waals surface area contributed by atoms with Crippen molar-refractivity contribution < 1.29 is 4.79 Å². The van der Waals surface area contributed by atoms with Gasteiger partial charge in [0.05, 0.1) is 5.41 Å². The van der Waals surface area contributed by atoms with Crippen molar-refractivity contribution >= 4 is 5.91 Å². The molecule has 2 N–H and O–H groups in total. The van der Waals surface area contributed by atoms with Crippen LogP contribution in [0.25, 0.3) is 0 Å². The number of benzene rings is 1. The fourth-order valence-electron chi connectivity index (χ4n) is 3.98. The van der Waals surface area contributed by atoms with Crippen molar-refractivity contribution in [2.45, 2.75) is 44.9 Å². The Kier molecular flexibility index (Phi) is 3.56. The molecule has 1 amide bonds. The highest BCUT2D eigenvalue weighted by Gasteiger charge is 2.44. The topological polar surface area (TPSA) is 46.3 Å². The fourth-order valence-corrected chi connectivity index (χ4v) is 3.98. The first-order valence-corrected chi connectivity index (χ1v) is 8.06. The van der Waals surface area contributed by atoms with Crippen LogP contribution in [0.2, 0.25) is 0 Å². The van der Waals surface area contributed by atoms with E-state index >= 15 is 0 Å². The molecule has 3 rings (SSSR count). The quantitative estimate of drug-likeness (QED) is 0.908. The summed E-state index contributed by atoms with van der Waals surface area (Å²) in [5, 5.41) is 0. The number of amides is 1. The largest absolute Gasteiger partial charge is 0.341 e. The molecule has 114 valence electrons. The molecule has 3 heteroatoms. The maximum atomic E-state index is 13.2. The van der Waals surface area contributed by atoms with Gasteiger partial charge in [-0.25, -0.2) is 0 Å². The molecule has 0 aromatic heterocycles. The van der Waals surface area contributed by atoms with E-state index in [2.05, 4.69) is 43.0 Å². The van der Waals surface area contributed by atoms with Crippen LogP contribution in [-0.2, 0) is 16.6 Å². The molecule has 1 aromatic carbocycles. The molecule has 2 unspecified atom stereocenters. The molecule has 3 nitrogen and oxygen atoms in total. The molecular weight excluding hydrogens is 260 g/mol. The summed E-state index contributed by atoms with van der Waals surface area (Å²) in [6.07, 6.45) is 4.17. The first-order chi connectivity index (χ1) is 9.98. The van der Waals surface area contributed by atoms with Gasteiger partial charge in [0.15, 0.2) is 0 Å². The third kappa shape index (κ3) is 2.38. The lowest BCUT2D eigenvalue weighted by Gasteiger charge is -2.38. The van der Waals surface area contributed by atoms with E-state index in [9.17, 15) is 4.79 Å². The van der Waals surface area contributed by atoms with E-state index in [0.29, 0.717) is 12.5 Å². The lowest BCUT2D eigenvalue weighted by molar-refractivity contribution is -0.136. The minimum Gasteiger partial charge on any atom is -0.341 e. The van der Waals surface area contributed by atoms with Gasteiger partial charge in [-0.1, -0.05) is 31.2 Å². The third-order valence-corrected chi connectivity index (χ3v) is 5.54. The van der Waals surface area contributed by atoms with E-state index in [1.165, 1.54) is 11.1 Å². The predicted octanol–water partition coefficient (Wildman–Crippen LogP) is 2.48. The summed E-state index contributed by atoms with van der Waals surface area (Å²) in [7, 11) is 0. The van der Waals surface area contributed by atoms with Crippen molar-refractivity contribution in [1.82, 2.24) is 4.90 Å². The lowest BCUT2D eigenvalue weighted by Crippen LogP contribution is -2.47. The maximum absolute atomic E-state index is 13.2. The Labute approximate surface area is 127 Å². The monoisotopic (exact) mass is 286 g/mol. The normalized spacial score (nSPS) is 32.0. The molecule has 0 spiro atoms. The second kappa shape index (κ2) is 5.13. The maximum Gasteiger partial charge on any atom is 0.232 e. The van der Waals surface area contributed by atoms with Crippen molar-refractivity contribution in [3.63, 3.8) is 0 Å².